The van der Waals surface area contributed by atoms with Gasteiger partial charge in [-0.05, 0) is 42.1 Å². The molecule has 0 N–H and O–H groups in total. The molecule has 0 saturated heterocycles. The Balaban J connectivity index is 2.58. The van der Waals surface area contributed by atoms with Crippen LogP contribution in [0.3, 0.4) is 0 Å². The SMILES string of the molecule is C=CCc1c(OC(C(=O)OC)c2ccccc2)ccc(C(C)(C)C)c1CO[SiH](C)C. The van der Waals surface area contributed by atoms with Gasteiger partial charge in [0.2, 0.25) is 6.10 Å². The highest BCUT2D eigenvalue weighted by Crippen LogP contribution is 2.36. The zero-order chi connectivity index (χ0) is 22.3. The monoisotopic (exact) mass is 426 g/mol. The number of allylic oxidation sites excluding steroid dienone is 1. The Bertz CT molecular complexity index is 853. The summed E-state index contributed by atoms with van der Waals surface area (Å²) < 4.78 is 17.4. The Morgan fingerprint density at radius 2 is 1.77 bits per heavy atom. The second-order valence-electron chi connectivity index (χ2n) is 8.60. The summed E-state index contributed by atoms with van der Waals surface area (Å²) in [5.41, 5.74) is 4.05. The van der Waals surface area contributed by atoms with E-state index in [-0.39, 0.29) is 5.41 Å². The van der Waals surface area contributed by atoms with Crippen molar-refractivity contribution >= 4 is 15.0 Å². The molecule has 5 heteroatoms. The number of hydrogen-bond acceptors (Lipinski definition) is 4. The number of rotatable bonds is 9. The molecule has 0 aromatic heterocycles. The molecule has 4 nitrogen and oxygen atoms in total. The largest absolute Gasteiger partial charge is 0.474 e. The summed E-state index contributed by atoms with van der Waals surface area (Å²) in [6.07, 6.45) is 1.65. The number of esters is 1. The van der Waals surface area contributed by atoms with Crippen LogP contribution >= 0.6 is 0 Å². The third kappa shape index (κ3) is 6.06. The van der Waals surface area contributed by atoms with Crippen molar-refractivity contribution in [3.63, 3.8) is 0 Å². The Kier molecular flexibility index (Phi) is 8.44. The van der Waals surface area contributed by atoms with Gasteiger partial charge in [-0.2, -0.15) is 0 Å². The summed E-state index contributed by atoms with van der Waals surface area (Å²) in [7, 11) is 0.166. The van der Waals surface area contributed by atoms with Crippen LogP contribution < -0.4 is 4.74 Å². The average molecular weight is 427 g/mol. The van der Waals surface area contributed by atoms with Crippen LogP contribution in [0.5, 0.6) is 5.75 Å². The lowest BCUT2D eigenvalue weighted by molar-refractivity contribution is -0.149. The van der Waals surface area contributed by atoms with E-state index in [0.29, 0.717) is 18.8 Å². The highest BCUT2D eigenvalue weighted by atomic mass is 28.3. The smallest absolute Gasteiger partial charge is 0.351 e. The molecule has 1 atom stereocenters. The van der Waals surface area contributed by atoms with Gasteiger partial charge in [0.25, 0.3) is 0 Å². The van der Waals surface area contributed by atoms with Gasteiger partial charge < -0.3 is 13.9 Å². The number of hydrogen-bond donors (Lipinski definition) is 0. The first-order valence-electron chi connectivity index (χ1n) is 10.4. The van der Waals surface area contributed by atoms with Crippen molar-refractivity contribution in [2.45, 2.75) is 58.4 Å². The van der Waals surface area contributed by atoms with E-state index in [9.17, 15) is 4.79 Å². The van der Waals surface area contributed by atoms with E-state index in [1.807, 2.05) is 42.5 Å². The summed E-state index contributed by atoms with van der Waals surface area (Å²) in [4.78, 5) is 12.5. The lowest BCUT2D eigenvalue weighted by atomic mass is 9.81. The number of carbonyl (C=O) groups is 1. The Morgan fingerprint density at radius 1 is 1.10 bits per heavy atom. The van der Waals surface area contributed by atoms with Gasteiger partial charge in [-0.1, -0.05) is 63.2 Å². The fourth-order valence-electron chi connectivity index (χ4n) is 3.38. The number of carbonyl (C=O) groups excluding carboxylic acids is 1. The van der Waals surface area contributed by atoms with E-state index < -0.39 is 21.1 Å². The van der Waals surface area contributed by atoms with Gasteiger partial charge in [0.15, 0.2) is 9.04 Å². The van der Waals surface area contributed by atoms with Crippen LogP contribution in [0, 0.1) is 0 Å². The van der Waals surface area contributed by atoms with Gasteiger partial charge in [0.1, 0.15) is 5.75 Å². The van der Waals surface area contributed by atoms with Crippen LogP contribution in [0.15, 0.2) is 55.1 Å². The fraction of sp³-hybridized carbons (Fsp3) is 0.400. The molecule has 1 unspecified atom stereocenters. The molecule has 30 heavy (non-hydrogen) atoms. The van der Waals surface area contributed by atoms with Gasteiger partial charge in [-0.25, -0.2) is 4.79 Å². The Labute approximate surface area is 182 Å². The first kappa shape index (κ1) is 23.9. The van der Waals surface area contributed by atoms with Crippen molar-refractivity contribution in [2.24, 2.45) is 0 Å². The van der Waals surface area contributed by atoms with E-state index >= 15 is 0 Å². The molecule has 2 aromatic rings. The molecular formula is C25H34O4Si. The lowest BCUT2D eigenvalue weighted by Crippen LogP contribution is -2.22. The maximum Gasteiger partial charge on any atom is 0.351 e. The predicted octanol–water partition coefficient (Wildman–Crippen LogP) is 5.51. The second-order valence-corrected chi connectivity index (χ2v) is 11.0. The Hall–Kier alpha value is -2.37. The van der Waals surface area contributed by atoms with Gasteiger partial charge in [-0.15, -0.1) is 6.58 Å². The van der Waals surface area contributed by atoms with E-state index in [0.717, 1.165) is 16.7 Å². The topological polar surface area (TPSA) is 44.8 Å². The molecule has 0 bridgehead atoms. The maximum absolute atomic E-state index is 12.5. The van der Waals surface area contributed by atoms with E-state index in [4.69, 9.17) is 13.9 Å². The quantitative estimate of drug-likeness (QED) is 0.301. The molecule has 0 aliphatic heterocycles. The van der Waals surface area contributed by atoms with Gasteiger partial charge >= 0.3 is 5.97 Å². The molecule has 0 saturated carbocycles. The molecular weight excluding hydrogens is 392 g/mol. The third-order valence-electron chi connectivity index (χ3n) is 4.87. The Morgan fingerprint density at radius 3 is 2.30 bits per heavy atom. The van der Waals surface area contributed by atoms with Crippen molar-refractivity contribution in [1.82, 2.24) is 0 Å². The molecule has 162 valence electrons. The van der Waals surface area contributed by atoms with Crippen molar-refractivity contribution in [3.05, 3.63) is 77.4 Å². The number of methoxy groups -OCH3 is 1. The fourth-order valence-corrected chi connectivity index (χ4v) is 3.88. The average Bonchev–Trinajstić information content (AvgIpc) is 2.70. The van der Waals surface area contributed by atoms with E-state index in [1.165, 1.54) is 12.7 Å². The molecule has 0 spiro atoms. The minimum absolute atomic E-state index is 0.0488. The van der Waals surface area contributed by atoms with Crippen molar-refractivity contribution in [1.29, 1.82) is 0 Å². The summed E-state index contributed by atoms with van der Waals surface area (Å²) in [5, 5.41) is 0. The number of ether oxygens (including phenoxy) is 2. The van der Waals surface area contributed by atoms with E-state index in [1.54, 1.807) is 0 Å². The minimum Gasteiger partial charge on any atom is -0.474 e. The third-order valence-corrected chi connectivity index (χ3v) is 5.70. The highest BCUT2D eigenvalue weighted by Gasteiger charge is 2.27. The van der Waals surface area contributed by atoms with Crippen LogP contribution in [0.1, 0.15) is 49.1 Å². The van der Waals surface area contributed by atoms with Crippen molar-refractivity contribution in [3.8, 4) is 5.75 Å². The van der Waals surface area contributed by atoms with Crippen LogP contribution in [0.4, 0.5) is 0 Å². The highest BCUT2D eigenvalue weighted by molar-refractivity contribution is 6.48. The molecule has 0 aliphatic carbocycles. The minimum atomic E-state index is -1.21. The summed E-state index contributed by atoms with van der Waals surface area (Å²) >= 11 is 0. The molecule has 0 fully saturated rings. The molecule has 0 heterocycles. The van der Waals surface area contributed by atoms with Crippen LogP contribution in [0.25, 0.3) is 0 Å². The predicted molar refractivity (Wildman–Crippen MR) is 125 cm³/mol. The van der Waals surface area contributed by atoms with Crippen molar-refractivity contribution < 1.29 is 18.7 Å². The molecule has 2 aromatic carbocycles. The van der Waals surface area contributed by atoms with Crippen LogP contribution in [-0.4, -0.2) is 22.1 Å². The van der Waals surface area contributed by atoms with Crippen LogP contribution in [0.2, 0.25) is 13.1 Å². The standard InChI is InChI=1S/C25H34O4Si/c1-8-12-19-20(17-28-30(6)7)21(25(2,3)4)15-16-22(19)29-23(24(26)27-5)18-13-10-9-11-14-18/h8-11,13-16,23,30H,1,12,17H2,2-7H3. The summed E-state index contributed by atoms with van der Waals surface area (Å²) in [5.74, 6) is 0.226. The van der Waals surface area contributed by atoms with Gasteiger partial charge in [0, 0.05) is 11.1 Å². The van der Waals surface area contributed by atoms with Gasteiger partial charge in [-0.3, -0.25) is 0 Å². The zero-order valence-electron chi connectivity index (χ0n) is 19.0. The molecule has 0 aliphatic rings. The van der Waals surface area contributed by atoms with E-state index in [2.05, 4.69) is 46.5 Å². The summed E-state index contributed by atoms with van der Waals surface area (Å²) in [6, 6.07) is 13.4. The molecule has 2 rings (SSSR count). The molecule has 0 amide bonds. The van der Waals surface area contributed by atoms with Crippen LogP contribution in [-0.2, 0) is 32.4 Å². The normalized spacial score (nSPS) is 12.5. The van der Waals surface area contributed by atoms with Gasteiger partial charge in [0.05, 0.1) is 13.7 Å². The second kappa shape index (κ2) is 10.6. The zero-order valence-corrected chi connectivity index (χ0v) is 20.2. The first-order valence-corrected chi connectivity index (χ1v) is 13.1. The van der Waals surface area contributed by atoms with Crippen molar-refractivity contribution in [2.75, 3.05) is 7.11 Å². The lowest BCUT2D eigenvalue weighted by Gasteiger charge is -2.28. The number of benzene rings is 2. The first-order chi connectivity index (χ1) is 14.2. The maximum atomic E-state index is 12.5. The summed E-state index contributed by atoms with van der Waals surface area (Å²) in [6.45, 7) is 15.4. The molecule has 0 radical (unpaired) electrons.